The first-order valence-electron chi connectivity index (χ1n) is 9.13. The lowest BCUT2D eigenvalue weighted by Crippen LogP contribution is -2.37. The van der Waals surface area contributed by atoms with Crippen LogP contribution in [0.2, 0.25) is 0 Å². The molecule has 2 amide bonds. The van der Waals surface area contributed by atoms with Gasteiger partial charge in [0.05, 0.1) is 0 Å². The summed E-state index contributed by atoms with van der Waals surface area (Å²) in [6, 6.07) is -0.380. The number of carbonyl (C=O) groups is 1. The average molecular weight is 379 g/mol. The highest BCUT2D eigenvalue weighted by molar-refractivity contribution is 5.89. The molecule has 2 N–H and O–H groups in total. The molecular weight excluding hydrogens is 350 g/mol. The third kappa shape index (κ3) is 4.57. The highest BCUT2D eigenvalue weighted by Gasteiger charge is 2.20. The van der Waals surface area contributed by atoms with Crippen molar-refractivity contribution in [1.29, 1.82) is 0 Å². The lowest BCUT2D eigenvalue weighted by Gasteiger charge is -2.13. The zero-order chi connectivity index (χ0) is 20.1. The number of hydrogen-bond donors (Lipinski definition) is 2. The number of hydrogen-bond acceptors (Lipinski definition) is 5. The third-order valence-corrected chi connectivity index (χ3v) is 4.38. The van der Waals surface area contributed by atoms with Crippen LogP contribution in [-0.2, 0) is 20.6 Å². The fourth-order valence-electron chi connectivity index (χ4n) is 2.83. The number of carbonyl (C=O) groups excluding carboxylic acids is 1. The van der Waals surface area contributed by atoms with Crippen LogP contribution in [0.5, 0.6) is 0 Å². The van der Waals surface area contributed by atoms with Gasteiger partial charge >= 0.3 is 11.7 Å². The maximum Gasteiger partial charge on any atom is 0.332 e. The van der Waals surface area contributed by atoms with E-state index in [1.807, 2.05) is 25.9 Å². The van der Waals surface area contributed by atoms with Gasteiger partial charge in [0.1, 0.15) is 0 Å². The number of unbranched alkanes of at least 4 members (excludes halogenated alkanes) is 1. The Balaban J connectivity index is 2.46. The van der Waals surface area contributed by atoms with E-state index in [0.29, 0.717) is 18.6 Å². The van der Waals surface area contributed by atoms with Crippen molar-refractivity contribution in [3.8, 4) is 0 Å². The Kier molecular flexibility index (Phi) is 6.78. The Morgan fingerprint density at radius 2 is 1.85 bits per heavy atom. The van der Waals surface area contributed by atoms with Crippen LogP contribution in [0.15, 0.2) is 9.59 Å². The second-order valence-corrected chi connectivity index (χ2v) is 6.86. The Morgan fingerprint density at radius 1 is 1.15 bits per heavy atom. The molecule has 0 radical (unpaired) electrons. The van der Waals surface area contributed by atoms with Gasteiger partial charge in [-0.1, -0.05) is 13.3 Å². The van der Waals surface area contributed by atoms with Crippen LogP contribution in [0.25, 0.3) is 11.2 Å². The number of amides is 2. The van der Waals surface area contributed by atoms with Gasteiger partial charge < -0.3 is 14.8 Å². The molecule has 0 spiro atoms. The molecule has 10 heteroatoms. The monoisotopic (exact) mass is 379 g/mol. The maximum absolute atomic E-state index is 12.7. The number of urea groups is 1. The number of rotatable bonds is 8. The molecule has 0 fully saturated rings. The molecule has 2 aromatic heterocycles. The van der Waals surface area contributed by atoms with E-state index >= 15 is 0 Å². The van der Waals surface area contributed by atoms with E-state index in [1.54, 1.807) is 11.6 Å². The standard InChI is InChI=1S/C17H29N7O3/c1-6-7-9-18-16(26)20-15-19-13-12(24(15)11-8-10-21(2)3)14(25)23(5)17(27)22(13)4/h6-11H2,1-5H3,(H2,18,19,20,26). The summed E-state index contributed by atoms with van der Waals surface area (Å²) >= 11 is 0. The minimum Gasteiger partial charge on any atom is -0.338 e. The lowest BCUT2D eigenvalue weighted by molar-refractivity contribution is 0.251. The molecule has 0 aliphatic carbocycles. The topological polar surface area (TPSA) is 106 Å². The zero-order valence-electron chi connectivity index (χ0n) is 16.7. The summed E-state index contributed by atoms with van der Waals surface area (Å²) in [5, 5.41) is 5.48. The van der Waals surface area contributed by atoms with Crippen LogP contribution in [0, 0.1) is 0 Å². The van der Waals surface area contributed by atoms with Crippen molar-refractivity contribution in [2.75, 3.05) is 32.5 Å². The second kappa shape index (κ2) is 8.85. The van der Waals surface area contributed by atoms with Gasteiger partial charge in [0.25, 0.3) is 5.56 Å². The first-order valence-corrected chi connectivity index (χ1v) is 9.13. The smallest absolute Gasteiger partial charge is 0.332 e. The number of nitrogens with zero attached hydrogens (tertiary/aromatic N) is 5. The Hall–Kier alpha value is -2.62. The molecule has 2 rings (SSSR count). The Morgan fingerprint density at radius 3 is 2.48 bits per heavy atom. The van der Waals surface area contributed by atoms with Gasteiger partial charge in [-0.05, 0) is 33.5 Å². The molecule has 0 atom stereocenters. The highest BCUT2D eigenvalue weighted by atomic mass is 16.2. The van der Waals surface area contributed by atoms with E-state index in [0.717, 1.165) is 30.4 Å². The summed E-state index contributed by atoms with van der Waals surface area (Å²) in [5.41, 5.74) is -0.312. The number of nitrogens with one attached hydrogen (secondary N) is 2. The van der Waals surface area contributed by atoms with E-state index in [-0.39, 0.29) is 17.6 Å². The molecule has 0 bridgehead atoms. The zero-order valence-corrected chi connectivity index (χ0v) is 16.7. The molecule has 150 valence electrons. The van der Waals surface area contributed by atoms with Crippen molar-refractivity contribution in [1.82, 2.24) is 28.9 Å². The van der Waals surface area contributed by atoms with Crippen LogP contribution >= 0.6 is 0 Å². The normalized spacial score (nSPS) is 11.3. The van der Waals surface area contributed by atoms with Crippen molar-refractivity contribution < 1.29 is 4.79 Å². The van der Waals surface area contributed by atoms with E-state index in [4.69, 9.17) is 0 Å². The van der Waals surface area contributed by atoms with Crippen molar-refractivity contribution in [2.24, 2.45) is 14.1 Å². The van der Waals surface area contributed by atoms with Gasteiger partial charge in [-0.25, -0.2) is 9.59 Å². The summed E-state index contributed by atoms with van der Waals surface area (Å²) in [5.74, 6) is 0.260. The predicted octanol–water partition coefficient (Wildman–Crippen LogP) is 0.307. The predicted molar refractivity (Wildman–Crippen MR) is 105 cm³/mol. The van der Waals surface area contributed by atoms with Crippen molar-refractivity contribution in [2.45, 2.75) is 32.7 Å². The highest BCUT2D eigenvalue weighted by Crippen LogP contribution is 2.16. The average Bonchev–Trinajstić information content (AvgIpc) is 2.96. The van der Waals surface area contributed by atoms with E-state index in [1.165, 1.54) is 11.6 Å². The largest absolute Gasteiger partial charge is 0.338 e. The van der Waals surface area contributed by atoms with Gasteiger partial charge in [-0.3, -0.25) is 19.2 Å². The van der Waals surface area contributed by atoms with Gasteiger partial charge in [-0.2, -0.15) is 4.98 Å². The van der Waals surface area contributed by atoms with E-state index < -0.39 is 11.2 Å². The molecule has 0 saturated heterocycles. The minimum absolute atomic E-state index is 0.260. The van der Waals surface area contributed by atoms with Gasteiger partial charge in [0.2, 0.25) is 5.95 Å². The fraction of sp³-hybridized carbons (Fsp3) is 0.647. The molecule has 0 aliphatic rings. The summed E-state index contributed by atoms with van der Waals surface area (Å²) < 4.78 is 4.05. The van der Waals surface area contributed by atoms with Gasteiger partial charge in [0.15, 0.2) is 11.2 Å². The molecule has 0 aliphatic heterocycles. The van der Waals surface area contributed by atoms with Crippen molar-refractivity contribution in [3.63, 3.8) is 0 Å². The first-order chi connectivity index (χ1) is 12.8. The first kappa shape index (κ1) is 20.7. The molecule has 2 heterocycles. The molecule has 0 unspecified atom stereocenters. The lowest BCUT2D eigenvalue weighted by atomic mass is 10.3. The summed E-state index contributed by atoms with van der Waals surface area (Å²) in [4.78, 5) is 43.4. The number of anilines is 1. The van der Waals surface area contributed by atoms with Gasteiger partial charge in [0, 0.05) is 27.2 Å². The van der Waals surface area contributed by atoms with E-state index in [9.17, 15) is 14.4 Å². The Bertz CT molecular complexity index is 923. The van der Waals surface area contributed by atoms with Crippen LogP contribution in [0.1, 0.15) is 26.2 Å². The van der Waals surface area contributed by atoms with Crippen LogP contribution in [0.3, 0.4) is 0 Å². The van der Waals surface area contributed by atoms with Crippen LogP contribution < -0.4 is 21.9 Å². The van der Waals surface area contributed by atoms with Gasteiger partial charge in [-0.15, -0.1) is 0 Å². The SMILES string of the molecule is CCCCNC(=O)Nc1nc2c(c(=O)n(C)c(=O)n2C)n1CCCN(C)C. The summed E-state index contributed by atoms with van der Waals surface area (Å²) in [6.45, 7) is 3.91. The Labute approximate surface area is 157 Å². The van der Waals surface area contributed by atoms with E-state index in [2.05, 4.69) is 15.6 Å². The molecule has 2 aromatic rings. The number of fused-ring (bicyclic) bond motifs is 1. The number of aryl methyl sites for hydroxylation is 2. The van der Waals surface area contributed by atoms with Crippen molar-refractivity contribution in [3.05, 3.63) is 20.8 Å². The van der Waals surface area contributed by atoms with Crippen LogP contribution in [0.4, 0.5) is 10.7 Å². The summed E-state index contributed by atoms with van der Waals surface area (Å²) in [6.07, 6.45) is 2.61. The summed E-state index contributed by atoms with van der Waals surface area (Å²) in [7, 11) is 6.93. The second-order valence-electron chi connectivity index (χ2n) is 6.86. The number of imidazole rings is 1. The maximum atomic E-state index is 12.7. The quantitative estimate of drug-likeness (QED) is 0.642. The molecule has 0 aromatic carbocycles. The molecule has 10 nitrogen and oxygen atoms in total. The number of aromatic nitrogens is 4. The molecule has 0 saturated carbocycles. The molecular formula is C17H29N7O3. The fourth-order valence-corrected chi connectivity index (χ4v) is 2.83. The molecule has 27 heavy (non-hydrogen) atoms. The van der Waals surface area contributed by atoms with Crippen LogP contribution in [-0.4, -0.2) is 56.8 Å². The minimum atomic E-state index is -0.454. The van der Waals surface area contributed by atoms with Crippen molar-refractivity contribution >= 4 is 23.1 Å². The third-order valence-electron chi connectivity index (χ3n) is 4.38.